The first-order valence-corrected chi connectivity index (χ1v) is 19.6. The minimum atomic E-state index is -1.19. The number of amides is 1. The molecule has 1 heterocycles. The lowest BCUT2D eigenvalue weighted by Crippen LogP contribution is -3.09. The highest BCUT2D eigenvalue weighted by atomic mass is 16.5. The van der Waals surface area contributed by atoms with Crippen molar-refractivity contribution in [3.8, 4) is 5.75 Å². The minimum absolute atomic E-state index is 0.0758. The number of carbonyl (C=O) groups excluding carboxylic acids is 3. The lowest BCUT2D eigenvalue weighted by atomic mass is 9.85. The third-order valence-corrected chi connectivity index (χ3v) is 9.56. The Bertz CT molecular complexity index is 1940. The average Bonchev–Trinajstić information content (AvgIpc) is 3.19. The maximum absolute atomic E-state index is 12.1. The van der Waals surface area contributed by atoms with Crippen molar-refractivity contribution in [3.63, 3.8) is 0 Å². The molecule has 0 fully saturated rings. The normalized spacial score (nSPS) is 13.8. The Morgan fingerprint density at radius 1 is 0.893 bits per heavy atom. The number of nitrogens with one attached hydrogen (secondary N) is 2. The number of hydrogen-bond acceptors (Lipinski definition) is 6. The van der Waals surface area contributed by atoms with E-state index in [-0.39, 0.29) is 23.3 Å². The van der Waals surface area contributed by atoms with E-state index < -0.39 is 5.97 Å². The van der Waals surface area contributed by atoms with Crippen LogP contribution in [0, 0.1) is 0 Å². The van der Waals surface area contributed by atoms with E-state index in [0.717, 1.165) is 68.2 Å². The van der Waals surface area contributed by atoms with E-state index in [9.17, 15) is 19.5 Å². The van der Waals surface area contributed by atoms with E-state index >= 15 is 0 Å². The zero-order chi connectivity index (χ0) is 42.3. The van der Waals surface area contributed by atoms with Gasteiger partial charge in [0.15, 0.2) is 5.78 Å². The number of quaternary nitrogens is 2. The number of carboxylic acid groups (broad SMARTS) is 1. The summed E-state index contributed by atoms with van der Waals surface area (Å²) in [5, 5.41) is 14.4. The van der Waals surface area contributed by atoms with Gasteiger partial charge in [-0.3, -0.25) is 9.59 Å². The maximum Gasteiger partial charge on any atom is 0.251 e. The number of hydrogen-bond donors (Lipinski definition) is 2. The summed E-state index contributed by atoms with van der Waals surface area (Å²) in [6.07, 6.45) is 6.81. The van der Waals surface area contributed by atoms with Crippen LogP contribution in [0.15, 0.2) is 107 Å². The summed E-state index contributed by atoms with van der Waals surface area (Å²) in [6, 6.07) is 20.8. The largest absolute Gasteiger partial charge is 0.545 e. The number of ketones is 1. The fourth-order valence-corrected chi connectivity index (χ4v) is 6.11. The molecule has 3 aromatic rings. The SMILES string of the molecule is CC.CC.CN(C)c1ccc2c(c1)OC1=CC([NH+](C)C)C=CC1=C2c1ccccc1C(=O)[O-].CNC(=O)c1ccc(C[N+](C)(C)CCC(=O)C(C)=C(C)C)cc1. The second-order valence-corrected chi connectivity index (χ2v) is 14.7. The zero-order valence-electron chi connectivity index (χ0n) is 36.2. The summed E-state index contributed by atoms with van der Waals surface area (Å²) in [7, 11) is 14.0. The first-order valence-electron chi connectivity index (χ1n) is 19.6. The van der Waals surface area contributed by atoms with Gasteiger partial charge < -0.3 is 34.2 Å². The summed E-state index contributed by atoms with van der Waals surface area (Å²) >= 11 is 0. The van der Waals surface area contributed by atoms with Gasteiger partial charge in [0.1, 0.15) is 24.1 Å². The van der Waals surface area contributed by atoms with Crippen molar-refractivity contribution in [1.29, 1.82) is 0 Å². The van der Waals surface area contributed by atoms with Crippen LogP contribution in [0.2, 0.25) is 0 Å². The molecule has 0 radical (unpaired) electrons. The number of Topliss-reactive ketones (excluding diaryl/α,β-unsaturated/α-hetero) is 1. The van der Waals surface area contributed by atoms with E-state index in [0.29, 0.717) is 17.5 Å². The van der Waals surface area contributed by atoms with Crippen LogP contribution in [-0.4, -0.2) is 84.1 Å². The molecule has 0 spiro atoms. The van der Waals surface area contributed by atoms with Gasteiger partial charge in [0.25, 0.3) is 5.91 Å². The fraction of sp³-hybridized carbons (Fsp3) is 0.383. The Labute approximate surface area is 336 Å². The van der Waals surface area contributed by atoms with Gasteiger partial charge in [-0.25, -0.2) is 0 Å². The Kier molecular flexibility index (Phi) is 18.2. The summed E-state index contributed by atoms with van der Waals surface area (Å²) < 4.78 is 7.05. The molecule has 3 aromatic carbocycles. The molecule has 5 rings (SSSR count). The van der Waals surface area contributed by atoms with Crippen LogP contribution in [0.25, 0.3) is 5.57 Å². The van der Waals surface area contributed by atoms with E-state index in [4.69, 9.17) is 4.74 Å². The summed E-state index contributed by atoms with van der Waals surface area (Å²) in [5.74, 6) is 0.439. The molecule has 1 aliphatic heterocycles. The summed E-state index contributed by atoms with van der Waals surface area (Å²) in [5.41, 5.74) is 8.23. The second-order valence-electron chi connectivity index (χ2n) is 14.7. The number of ether oxygens (including phenoxy) is 1. The van der Waals surface area contributed by atoms with Crippen molar-refractivity contribution in [2.45, 2.75) is 67.5 Å². The molecule has 1 atom stereocenters. The number of carbonyl (C=O) groups is 3. The number of anilines is 1. The quantitative estimate of drug-likeness (QED) is 0.177. The van der Waals surface area contributed by atoms with Gasteiger partial charge >= 0.3 is 0 Å². The second kappa shape index (κ2) is 21.7. The van der Waals surface area contributed by atoms with Gasteiger partial charge in [-0.05, 0) is 68.3 Å². The van der Waals surface area contributed by atoms with Crippen molar-refractivity contribution < 1.29 is 33.6 Å². The molecular formula is C47H65N4O5+. The van der Waals surface area contributed by atoms with Gasteiger partial charge in [-0.15, -0.1) is 0 Å². The summed E-state index contributed by atoms with van der Waals surface area (Å²) in [4.78, 5) is 38.8. The molecule has 302 valence electrons. The van der Waals surface area contributed by atoms with E-state index in [2.05, 4.69) is 45.7 Å². The van der Waals surface area contributed by atoms with Crippen molar-refractivity contribution in [3.05, 3.63) is 135 Å². The molecule has 1 aliphatic carbocycles. The van der Waals surface area contributed by atoms with Crippen LogP contribution < -0.4 is 25.0 Å². The van der Waals surface area contributed by atoms with Crippen molar-refractivity contribution in [2.24, 2.45) is 0 Å². The van der Waals surface area contributed by atoms with Crippen molar-refractivity contribution >= 4 is 28.9 Å². The predicted octanol–water partition coefficient (Wildman–Crippen LogP) is 6.27. The lowest BCUT2D eigenvalue weighted by Gasteiger charge is -2.30. The smallest absolute Gasteiger partial charge is 0.251 e. The Morgan fingerprint density at radius 3 is 2.07 bits per heavy atom. The number of nitrogens with zero attached hydrogens (tertiary/aromatic N) is 2. The standard InChI is InChI=1S/C24H24N2O3.C19H28N2O2.2C2H6/c1-25(2)15-9-11-19-21(13-15)29-22-14-16(26(3)4)10-12-20(22)23(19)17-7-5-6-8-18(17)24(27)28;1-14(2)15(3)18(22)11-12-21(5,6)13-16-7-9-17(10-8-16)19(23)20-4;2*1-2/h5-15H,1-4H3,(H,27,28);7-10H,11-13H2,1-6H3;2*1-2H3/p+1. The molecule has 0 aromatic heterocycles. The number of fused-ring (bicyclic) bond motifs is 2. The first-order chi connectivity index (χ1) is 26.5. The molecule has 1 amide bonds. The highest BCUT2D eigenvalue weighted by molar-refractivity contribution is 6.00. The van der Waals surface area contributed by atoms with Crippen LogP contribution in [0.4, 0.5) is 5.69 Å². The Hall–Kier alpha value is -5.25. The molecule has 2 aliphatic rings. The predicted molar refractivity (Wildman–Crippen MR) is 229 cm³/mol. The van der Waals surface area contributed by atoms with Gasteiger partial charge in [0.05, 0.1) is 47.1 Å². The number of rotatable bonds is 11. The minimum Gasteiger partial charge on any atom is -0.545 e. The number of benzene rings is 3. The third kappa shape index (κ3) is 12.4. The van der Waals surface area contributed by atoms with Crippen LogP contribution >= 0.6 is 0 Å². The molecular weight excluding hydrogens is 701 g/mol. The monoisotopic (exact) mass is 765 g/mol. The van der Waals surface area contributed by atoms with Crippen LogP contribution in [-0.2, 0) is 11.3 Å². The number of likely N-dealkylation sites (N-methyl/N-ethyl adjacent to an activating group) is 1. The highest BCUT2D eigenvalue weighted by Gasteiger charge is 2.30. The topological polar surface area (TPSA) is 103 Å². The third-order valence-electron chi connectivity index (χ3n) is 9.56. The Balaban J connectivity index is 0.000000365. The number of aromatic carboxylic acids is 1. The molecule has 9 nitrogen and oxygen atoms in total. The van der Waals surface area contributed by atoms with Crippen LogP contribution in [0.3, 0.4) is 0 Å². The highest BCUT2D eigenvalue weighted by Crippen LogP contribution is 2.44. The molecule has 9 heteroatoms. The molecule has 0 saturated carbocycles. The maximum atomic E-state index is 12.1. The lowest BCUT2D eigenvalue weighted by molar-refractivity contribution is -0.903. The van der Waals surface area contributed by atoms with Crippen LogP contribution in [0.5, 0.6) is 5.75 Å². The molecule has 1 unspecified atom stereocenters. The first kappa shape index (κ1) is 46.9. The van der Waals surface area contributed by atoms with Crippen molar-refractivity contribution in [2.75, 3.05) is 60.8 Å². The molecule has 0 bridgehead atoms. The van der Waals surface area contributed by atoms with E-state index in [1.165, 1.54) is 4.90 Å². The van der Waals surface area contributed by atoms with Gasteiger partial charge in [0, 0.05) is 72.4 Å². The number of allylic oxidation sites excluding steroid dienone is 3. The van der Waals surface area contributed by atoms with Crippen LogP contribution in [0.1, 0.15) is 92.3 Å². The summed E-state index contributed by atoms with van der Waals surface area (Å²) in [6.45, 7) is 15.5. The molecule has 2 N–H and O–H groups in total. The van der Waals surface area contributed by atoms with E-state index in [1.807, 2.05) is 128 Å². The van der Waals surface area contributed by atoms with Gasteiger partial charge in [-0.1, -0.05) is 69.7 Å². The van der Waals surface area contributed by atoms with Gasteiger partial charge in [-0.2, -0.15) is 0 Å². The fourth-order valence-electron chi connectivity index (χ4n) is 6.11. The molecule has 56 heavy (non-hydrogen) atoms. The van der Waals surface area contributed by atoms with Crippen molar-refractivity contribution in [1.82, 2.24) is 5.32 Å². The number of carboxylic acids is 1. The van der Waals surface area contributed by atoms with E-state index in [1.54, 1.807) is 19.2 Å². The molecule has 0 saturated heterocycles. The Morgan fingerprint density at radius 2 is 1.52 bits per heavy atom. The van der Waals surface area contributed by atoms with Gasteiger partial charge in [0.2, 0.25) is 0 Å². The average molecular weight is 766 g/mol. The zero-order valence-corrected chi connectivity index (χ0v) is 36.2.